The zero-order chi connectivity index (χ0) is 21.8. The van der Waals surface area contributed by atoms with E-state index in [0.29, 0.717) is 25.4 Å². The molecule has 1 saturated heterocycles. The third-order valence-corrected chi connectivity index (χ3v) is 5.45. The molecule has 0 aliphatic carbocycles. The highest BCUT2D eigenvalue weighted by molar-refractivity contribution is 5.76. The Labute approximate surface area is 181 Å². The van der Waals surface area contributed by atoms with Crippen molar-refractivity contribution in [1.29, 1.82) is 0 Å². The quantitative estimate of drug-likeness (QED) is 0.636. The van der Waals surface area contributed by atoms with Crippen LogP contribution in [-0.2, 0) is 22.5 Å². The second kappa shape index (κ2) is 9.22. The Balaban J connectivity index is 1.46. The van der Waals surface area contributed by atoms with Crippen molar-refractivity contribution in [2.75, 3.05) is 19.7 Å². The molecule has 1 amide bonds. The molecule has 7 heteroatoms. The largest absolute Gasteiger partial charge is 0.368 e. The first-order valence-electron chi connectivity index (χ1n) is 10.4. The highest BCUT2D eigenvalue weighted by Crippen LogP contribution is 2.22. The molecule has 0 unspecified atom stereocenters. The van der Waals surface area contributed by atoms with Crippen molar-refractivity contribution in [3.8, 4) is 0 Å². The Hall–Kier alpha value is -3.32. The summed E-state index contributed by atoms with van der Waals surface area (Å²) in [6.45, 7) is 4.90. The van der Waals surface area contributed by atoms with Crippen molar-refractivity contribution in [3.63, 3.8) is 0 Å². The van der Waals surface area contributed by atoms with Gasteiger partial charge in [-0.15, -0.1) is 0 Å². The summed E-state index contributed by atoms with van der Waals surface area (Å²) in [6, 6.07) is 17.9. The van der Waals surface area contributed by atoms with E-state index in [1.807, 2.05) is 43.3 Å². The molecule has 0 N–H and O–H groups in total. The first kappa shape index (κ1) is 20.9. The molecule has 1 aromatic carbocycles. The normalized spacial score (nSPS) is 16.3. The molecule has 0 saturated carbocycles. The SMILES string of the molecule is Cc1cc(C)n(CC(=O)N2CCO[C@@H](c3cccc(Cc4ccccc4)n3)C2)c(=O)n1. The van der Waals surface area contributed by atoms with Gasteiger partial charge in [0.1, 0.15) is 12.6 Å². The van der Waals surface area contributed by atoms with Gasteiger partial charge in [-0.05, 0) is 37.6 Å². The van der Waals surface area contributed by atoms with Gasteiger partial charge in [0.05, 0.1) is 18.8 Å². The van der Waals surface area contributed by atoms with Crippen LogP contribution in [0, 0.1) is 13.8 Å². The number of aryl methyl sites for hydroxylation is 2. The second-order valence-electron chi connectivity index (χ2n) is 7.82. The molecule has 1 atom stereocenters. The molecule has 1 aliphatic heterocycles. The molecular weight excluding hydrogens is 392 g/mol. The molecule has 2 aromatic heterocycles. The summed E-state index contributed by atoms with van der Waals surface area (Å²) >= 11 is 0. The summed E-state index contributed by atoms with van der Waals surface area (Å²) in [5, 5.41) is 0. The minimum atomic E-state index is -0.397. The van der Waals surface area contributed by atoms with Crippen LogP contribution in [0.2, 0.25) is 0 Å². The zero-order valence-corrected chi connectivity index (χ0v) is 17.8. The van der Waals surface area contributed by atoms with Crippen molar-refractivity contribution >= 4 is 5.91 Å². The lowest BCUT2D eigenvalue weighted by Crippen LogP contribution is -2.45. The van der Waals surface area contributed by atoms with Gasteiger partial charge in [0.25, 0.3) is 0 Å². The molecule has 3 aromatic rings. The van der Waals surface area contributed by atoms with Crippen LogP contribution >= 0.6 is 0 Å². The fourth-order valence-corrected chi connectivity index (χ4v) is 3.84. The lowest BCUT2D eigenvalue weighted by atomic mass is 10.1. The van der Waals surface area contributed by atoms with E-state index in [1.54, 1.807) is 17.9 Å². The van der Waals surface area contributed by atoms with Gasteiger partial charge in [-0.2, -0.15) is 4.98 Å². The topological polar surface area (TPSA) is 77.3 Å². The van der Waals surface area contributed by atoms with Crippen LogP contribution in [0.5, 0.6) is 0 Å². The van der Waals surface area contributed by atoms with Gasteiger partial charge >= 0.3 is 5.69 Å². The summed E-state index contributed by atoms with van der Waals surface area (Å²) in [7, 11) is 0. The number of carbonyl (C=O) groups is 1. The first-order chi connectivity index (χ1) is 15.0. The minimum absolute atomic E-state index is 0.0217. The number of hydrogen-bond acceptors (Lipinski definition) is 5. The van der Waals surface area contributed by atoms with E-state index in [1.165, 1.54) is 10.1 Å². The van der Waals surface area contributed by atoms with E-state index in [9.17, 15) is 9.59 Å². The molecule has 3 heterocycles. The lowest BCUT2D eigenvalue weighted by molar-refractivity contribution is -0.139. The molecule has 31 heavy (non-hydrogen) atoms. The number of nitrogens with zero attached hydrogens (tertiary/aromatic N) is 4. The number of pyridine rings is 1. The standard InChI is InChI=1S/C24H26N4O3/c1-17-13-18(2)28(24(30)25-17)16-23(29)27-11-12-31-22(15-27)21-10-6-9-20(26-21)14-19-7-4-3-5-8-19/h3-10,13,22H,11-12,14-16H2,1-2H3/t22-/m1/s1. The van der Waals surface area contributed by atoms with Crippen LogP contribution in [0.1, 0.15) is 34.4 Å². The molecular formula is C24H26N4O3. The van der Waals surface area contributed by atoms with Gasteiger partial charge in [-0.1, -0.05) is 36.4 Å². The van der Waals surface area contributed by atoms with Gasteiger partial charge in [-0.3, -0.25) is 14.3 Å². The number of carbonyl (C=O) groups excluding carboxylic acids is 1. The third kappa shape index (κ3) is 5.06. The summed E-state index contributed by atoms with van der Waals surface area (Å²) < 4.78 is 7.34. The second-order valence-corrected chi connectivity index (χ2v) is 7.82. The number of morpholine rings is 1. The van der Waals surface area contributed by atoms with E-state index in [2.05, 4.69) is 17.1 Å². The average molecular weight is 418 g/mol. The third-order valence-electron chi connectivity index (χ3n) is 5.45. The van der Waals surface area contributed by atoms with E-state index in [4.69, 9.17) is 9.72 Å². The van der Waals surface area contributed by atoms with Crippen LogP contribution < -0.4 is 5.69 Å². The summed E-state index contributed by atoms with van der Waals surface area (Å²) in [4.78, 5) is 35.6. The number of amides is 1. The van der Waals surface area contributed by atoms with Gasteiger partial charge in [0.2, 0.25) is 5.91 Å². The van der Waals surface area contributed by atoms with E-state index in [0.717, 1.165) is 23.5 Å². The van der Waals surface area contributed by atoms with Crippen molar-refractivity contribution < 1.29 is 9.53 Å². The highest BCUT2D eigenvalue weighted by Gasteiger charge is 2.27. The maximum absolute atomic E-state index is 12.9. The van der Waals surface area contributed by atoms with Gasteiger partial charge in [0.15, 0.2) is 0 Å². The predicted octanol–water partition coefficient (Wildman–Crippen LogP) is 2.45. The van der Waals surface area contributed by atoms with Crippen LogP contribution in [0.15, 0.2) is 59.4 Å². The molecule has 160 valence electrons. The van der Waals surface area contributed by atoms with Crippen molar-refractivity contribution in [2.45, 2.75) is 32.9 Å². The van der Waals surface area contributed by atoms with Crippen LogP contribution in [-0.4, -0.2) is 45.0 Å². The number of ether oxygens (including phenoxy) is 1. The summed E-state index contributed by atoms with van der Waals surface area (Å²) in [5.74, 6) is -0.121. The molecule has 1 fully saturated rings. The maximum atomic E-state index is 12.9. The van der Waals surface area contributed by atoms with Gasteiger partial charge < -0.3 is 9.64 Å². The maximum Gasteiger partial charge on any atom is 0.348 e. The number of aromatic nitrogens is 3. The molecule has 1 aliphatic rings. The van der Waals surface area contributed by atoms with Crippen LogP contribution in [0.25, 0.3) is 0 Å². The van der Waals surface area contributed by atoms with Gasteiger partial charge in [0, 0.05) is 30.0 Å². The van der Waals surface area contributed by atoms with Crippen molar-refractivity contribution in [2.24, 2.45) is 0 Å². The Morgan fingerprint density at radius 1 is 1.10 bits per heavy atom. The highest BCUT2D eigenvalue weighted by atomic mass is 16.5. The smallest absolute Gasteiger partial charge is 0.348 e. The number of hydrogen-bond donors (Lipinski definition) is 0. The number of benzene rings is 1. The first-order valence-corrected chi connectivity index (χ1v) is 10.4. The Bertz CT molecular complexity index is 1130. The molecule has 4 rings (SSSR count). The van der Waals surface area contributed by atoms with E-state index >= 15 is 0 Å². The van der Waals surface area contributed by atoms with Crippen molar-refractivity contribution in [3.05, 3.63) is 93.4 Å². The fourth-order valence-electron chi connectivity index (χ4n) is 3.84. The average Bonchev–Trinajstić information content (AvgIpc) is 2.77. The predicted molar refractivity (Wildman–Crippen MR) is 117 cm³/mol. The van der Waals surface area contributed by atoms with Gasteiger partial charge in [-0.25, -0.2) is 4.79 Å². The summed E-state index contributed by atoms with van der Waals surface area (Å²) in [6.07, 6.45) is 0.453. The monoisotopic (exact) mass is 418 g/mol. The molecule has 0 bridgehead atoms. The Morgan fingerprint density at radius 2 is 1.90 bits per heavy atom. The summed E-state index contributed by atoms with van der Waals surface area (Å²) in [5.41, 5.74) is 3.96. The van der Waals surface area contributed by atoms with Crippen LogP contribution in [0.3, 0.4) is 0 Å². The van der Waals surface area contributed by atoms with E-state index in [-0.39, 0.29) is 18.6 Å². The van der Waals surface area contributed by atoms with E-state index < -0.39 is 5.69 Å². The lowest BCUT2D eigenvalue weighted by Gasteiger charge is -2.33. The molecule has 7 nitrogen and oxygen atoms in total. The van der Waals surface area contributed by atoms with Crippen LogP contribution in [0.4, 0.5) is 0 Å². The fraction of sp³-hybridized carbons (Fsp3) is 0.333. The number of rotatable bonds is 5. The molecule has 0 radical (unpaired) electrons. The minimum Gasteiger partial charge on any atom is -0.368 e. The Kier molecular flexibility index (Phi) is 6.23. The molecule has 0 spiro atoms. The zero-order valence-electron chi connectivity index (χ0n) is 17.8. The Morgan fingerprint density at radius 3 is 2.68 bits per heavy atom. The van der Waals surface area contributed by atoms with Crippen molar-refractivity contribution in [1.82, 2.24) is 19.4 Å².